The molecular formula is C26H24N2O5S2. The lowest BCUT2D eigenvalue weighted by molar-refractivity contribution is -0.122. The molecule has 9 heteroatoms. The van der Waals surface area contributed by atoms with Crippen molar-refractivity contribution < 1.29 is 22.7 Å². The highest BCUT2D eigenvalue weighted by atomic mass is 32.2. The van der Waals surface area contributed by atoms with Gasteiger partial charge in [-0.1, -0.05) is 54.6 Å². The second-order valence-corrected chi connectivity index (χ2v) is 10.1. The zero-order chi connectivity index (χ0) is 24.8. The van der Waals surface area contributed by atoms with Crippen LogP contribution >= 0.6 is 11.8 Å². The van der Waals surface area contributed by atoms with E-state index in [0.29, 0.717) is 35.1 Å². The number of thioether (sulfide) groups is 1. The molecule has 1 aliphatic heterocycles. The lowest BCUT2D eigenvalue weighted by Crippen LogP contribution is -2.29. The van der Waals surface area contributed by atoms with E-state index in [-0.39, 0.29) is 16.0 Å². The number of hydrogen-bond acceptors (Lipinski definition) is 6. The SMILES string of the molecule is CCN1C(=O)C(=Cc2ccc(OCc3ccccc3)c(OC)c2)SC1=NS(=O)(=O)c1ccccc1. The number of ether oxygens (including phenoxy) is 2. The number of benzene rings is 3. The van der Waals surface area contributed by atoms with Gasteiger partial charge in [0.2, 0.25) is 0 Å². The third kappa shape index (κ3) is 5.75. The van der Waals surface area contributed by atoms with Crippen LogP contribution in [0.1, 0.15) is 18.1 Å². The van der Waals surface area contributed by atoms with E-state index >= 15 is 0 Å². The molecule has 1 heterocycles. The summed E-state index contributed by atoms with van der Waals surface area (Å²) in [6.45, 7) is 2.46. The van der Waals surface area contributed by atoms with Crippen LogP contribution in [-0.4, -0.2) is 38.0 Å². The van der Waals surface area contributed by atoms with Gasteiger partial charge in [0.1, 0.15) is 6.61 Å². The Morgan fingerprint density at radius 3 is 2.31 bits per heavy atom. The number of carbonyl (C=O) groups excluding carboxylic acids is 1. The first-order valence-corrected chi connectivity index (χ1v) is 13.1. The number of hydrogen-bond donors (Lipinski definition) is 0. The molecule has 35 heavy (non-hydrogen) atoms. The van der Waals surface area contributed by atoms with Gasteiger partial charge >= 0.3 is 0 Å². The van der Waals surface area contributed by atoms with Crippen LogP contribution in [0.3, 0.4) is 0 Å². The monoisotopic (exact) mass is 508 g/mol. The van der Waals surface area contributed by atoms with Crippen LogP contribution in [-0.2, 0) is 21.4 Å². The topological polar surface area (TPSA) is 85.3 Å². The Bertz CT molecular complexity index is 1370. The van der Waals surface area contributed by atoms with Gasteiger partial charge in [0.15, 0.2) is 16.7 Å². The quantitative estimate of drug-likeness (QED) is 0.400. The first-order chi connectivity index (χ1) is 16.9. The second kappa shape index (κ2) is 10.8. The van der Waals surface area contributed by atoms with Gasteiger partial charge in [-0.2, -0.15) is 8.42 Å². The fourth-order valence-electron chi connectivity index (χ4n) is 3.38. The maximum Gasteiger partial charge on any atom is 0.284 e. The summed E-state index contributed by atoms with van der Waals surface area (Å²) in [6, 6.07) is 23.1. The summed E-state index contributed by atoms with van der Waals surface area (Å²) in [5, 5.41) is 0.127. The molecule has 0 spiro atoms. The molecule has 0 aliphatic carbocycles. The molecule has 0 saturated carbocycles. The summed E-state index contributed by atoms with van der Waals surface area (Å²) >= 11 is 1.03. The Kier molecular flexibility index (Phi) is 7.57. The molecule has 180 valence electrons. The number of amides is 1. The minimum Gasteiger partial charge on any atom is -0.493 e. The van der Waals surface area contributed by atoms with Gasteiger partial charge in [0.05, 0.1) is 16.9 Å². The van der Waals surface area contributed by atoms with Crippen LogP contribution in [0, 0.1) is 0 Å². The van der Waals surface area contributed by atoms with Crippen molar-refractivity contribution in [1.82, 2.24) is 4.90 Å². The molecule has 1 aliphatic rings. The third-order valence-corrected chi connectivity index (χ3v) is 7.57. The standard InChI is InChI=1S/C26H24N2O5S2/c1-3-28-25(29)24(34-26(28)27-35(30,31)21-12-8-5-9-13-21)17-20-14-15-22(23(16-20)32-2)33-18-19-10-6-4-7-11-19/h4-17H,3,18H2,1-2H3. The maximum absolute atomic E-state index is 13.0. The first kappa shape index (κ1) is 24.6. The average molecular weight is 509 g/mol. The van der Waals surface area contributed by atoms with Gasteiger partial charge < -0.3 is 9.47 Å². The van der Waals surface area contributed by atoms with Gasteiger partial charge in [-0.15, -0.1) is 4.40 Å². The van der Waals surface area contributed by atoms with E-state index in [2.05, 4.69) is 4.40 Å². The lowest BCUT2D eigenvalue weighted by Gasteiger charge is -2.12. The van der Waals surface area contributed by atoms with Gasteiger partial charge in [-0.25, -0.2) is 0 Å². The summed E-state index contributed by atoms with van der Waals surface area (Å²) < 4.78 is 40.8. The number of sulfonamides is 1. The number of carbonyl (C=O) groups is 1. The Balaban J connectivity index is 1.57. The van der Waals surface area contributed by atoms with E-state index in [1.807, 2.05) is 36.4 Å². The van der Waals surface area contributed by atoms with E-state index in [9.17, 15) is 13.2 Å². The molecule has 0 N–H and O–H groups in total. The fraction of sp³-hybridized carbons (Fsp3) is 0.154. The normalized spacial score (nSPS) is 16.2. The number of nitrogens with zero attached hydrogens (tertiary/aromatic N) is 2. The van der Waals surface area contributed by atoms with Crippen LogP contribution < -0.4 is 9.47 Å². The predicted octanol–water partition coefficient (Wildman–Crippen LogP) is 4.96. The summed E-state index contributed by atoms with van der Waals surface area (Å²) in [5.41, 5.74) is 1.75. The van der Waals surface area contributed by atoms with Crippen molar-refractivity contribution in [3.63, 3.8) is 0 Å². The summed E-state index contributed by atoms with van der Waals surface area (Å²) in [7, 11) is -2.39. The zero-order valence-electron chi connectivity index (χ0n) is 19.2. The number of rotatable bonds is 8. The van der Waals surface area contributed by atoms with E-state index in [1.54, 1.807) is 50.4 Å². The molecule has 7 nitrogen and oxygen atoms in total. The van der Waals surface area contributed by atoms with Crippen LogP contribution in [0.25, 0.3) is 6.08 Å². The molecule has 0 unspecified atom stereocenters. The van der Waals surface area contributed by atoms with Crippen LogP contribution in [0.5, 0.6) is 11.5 Å². The Morgan fingerprint density at radius 2 is 1.66 bits per heavy atom. The van der Waals surface area contributed by atoms with Gasteiger partial charge in [-0.05, 0) is 60.2 Å². The Hall–Kier alpha value is -3.56. The molecule has 0 bridgehead atoms. The fourth-order valence-corrected chi connectivity index (χ4v) is 5.65. The average Bonchev–Trinajstić information content (AvgIpc) is 3.16. The van der Waals surface area contributed by atoms with Gasteiger partial charge in [0.25, 0.3) is 15.9 Å². The van der Waals surface area contributed by atoms with Gasteiger partial charge in [0, 0.05) is 6.54 Å². The van der Waals surface area contributed by atoms with E-state index in [4.69, 9.17) is 9.47 Å². The largest absolute Gasteiger partial charge is 0.493 e. The molecule has 3 aromatic rings. The minimum atomic E-state index is -3.94. The minimum absolute atomic E-state index is 0.0739. The molecular weight excluding hydrogens is 484 g/mol. The Morgan fingerprint density at radius 1 is 0.971 bits per heavy atom. The van der Waals surface area contributed by atoms with E-state index < -0.39 is 10.0 Å². The molecule has 0 atom stereocenters. The summed E-state index contributed by atoms with van der Waals surface area (Å²) in [6.07, 6.45) is 1.69. The predicted molar refractivity (Wildman–Crippen MR) is 138 cm³/mol. The maximum atomic E-state index is 13.0. The smallest absolute Gasteiger partial charge is 0.284 e. The highest BCUT2D eigenvalue weighted by Gasteiger charge is 2.34. The highest BCUT2D eigenvalue weighted by molar-refractivity contribution is 8.19. The molecule has 1 fully saturated rings. The molecule has 0 aromatic heterocycles. The molecule has 1 saturated heterocycles. The molecule has 1 amide bonds. The number of likely N-dealkylation sites (N-methyl/N-ethyl adjacent to an activating group) is 1. The molecule has 3 aromatic carbocycles. The van der Waals surface area contributed by atoms with E-state index in [0.717, 1.165) is 17.3 Å². The van der Waals surface area contributed by atoms with Crippen LogP contribution in [0.15, 0.2) is 93.1 Å². The van der Waals surface area contributed by atoms with Crippen molar-refractivity contribution in [1.29, 1.82) is 0 Å². The Labute approximate surface area is 209 Å². The number of methoxy groups -OCH3 is 1. The van der Waals surface area contributed by atoms with Crippen molar-refractivity contribution in [2.24, 2.45) is 4.40 Å². The van der Waals surface area contributed by atoms with Gasteiger partial charge in [-0.3, -0.25) is 9.69 Å². The molecule has 0 radical (unpaired) electrons. The first-order valence-electron chi connectivity index (χ1n) is 10.9. The van der Waals surface area contributed by atoms with Crippen molar-refractivity contribution in [3.8, 4) is 11.5 Å². The van der Waals surface area contributed by atoms with Crippen LogP contribution in [0.4, 0.5) is 0 Å². The lowest BCUT2D eigenvalue weighted by atomic mass is 10.1. The summed E-state index contributed by atoms with van der Waals surface area (Å²) in [4.78, 5) is 14.8. The van der Waals surface area contributed by atoms with Crippen molar-refractivity contribution in [2.75, 3.05) is 13.7 Å². The second-order valence-electron chi connectivity index (χ2n) is 7.51. The van der Waals surface area contributed by atoms with Crippen molar-refractivity contribution >= 4 is 38.9 Å². The highest BCUT2D eigenvalue weighted by Crippen LogP contribution is 2.35. The van der Waals surface area contributed by atoms with E-state index in [1.165, 1.54) is 17.0 Å². The number of amidine groups is 1. The van der Waals surface area contributed by atoms with Crippen LogP contribution in [0.2, 0.25) is 0 Å². The third-order valence-electron chi connectivity index (χ3n) is 5.17. The zero-order valence-corrected chi connectivity index (χ0v) is 20.9. The summed E-state index contributed by atoms with van der Waals surface area (Å²) in [5.74, 6) is 0.803. The van der Waals surface area contributed by atoms with Crippen molar-refractivity contribution in [3.05, 3.63) is 94.9 Å². The van der Waals surface area contributed by atoms with Crippen molar-refractivity contribution in [2.45, 2.75) is 18.4 Å². The molecule has 4 rings (SSSR count).